The fourth-order valence-corrected chi connectivity index (χ4v) is 2.80. The van der Waals surface area contributed by atoms with Gasteiger partial charge in [0.25, 0.3) is 0 Å². The minimum absolute atomic E-state index is 0.0972. The predicted octanol–water partition coefficient (Wildman–Crippen LogP) is 2.29. The van der Waals surface area contributed by atoms with E-state index in [-0.39, 0.29) is 11.4 Å². The van der Waals surface area contributed by atoms with E-state index in [0.29, 0.717) is 6.42 Å². The van der Waals surface area contributed by atoms with Crippen molar-refractivity contribution in [3.05, 3.63) is 30.3 Å². The highest BCUT2D eigenvalue weighted by Crippen LogP contribution is 2.31. The number of rotatable bonds is 8. The van der Waals surface area contributed by atoms with Gasteiger partial charge in [0, 0.05) is 37.3 Å². The van der Waals surface area contributed by atoms with Crippen molar-refractivity contribution in [2.45, 2.75) is 44.6 Å². The Kier molecular flexibility index (Phi) is 5.62. The normalized spacial score (nSPS) is 16.1. The van der Waals surface area contributed by atoms with Crippen molar-refractivity contribution in [3.8, 4) is 0 Å². The maximum atomic E-state index is 11.8. The fraction of sp³-hybridized carbons (Fsp3) is 0.588. The molecule has 1 saturated carbocycles. The van der Waals surface area contributed by atoms with E-state index in [1.807, 2.05) is 6.07 Å². The van der Waals surface area contributed by atoms with Crippen molar-refractivity contribution in [2.75, 3.05) is 24.5 Å². The molecule has 0 radical (unpaired) electrons. The molecule has 0 saturated heterocycles. The number of carbonyl (C=O) groups is 1. The summed E-state index contributed by atoms with van der Waals surface area (Å²) in [4.78, 5) is 14.2. The summed E-state index contributed by atoms with van der Waals surface area (Å²) >= 11 is 0. The molecule has 0 aromatic heterocycles. The molecular weight excluding hydrogens is 262 g/mol. The first-order chi connectivity index (χ1) is 10.1. The third-order valence-electron chi connectivity index (χ3n) is 4.29. The van der Waals surface area contributed by atoms with Crippen molar-refractivity contribution in [1.82, 2.24) is 5.32 Å². The van der Waals surface area contributed by atoms with Gasteiger partial charge in [0.1, 0.15) is 0 Å². The van der Waals surface area contributed by atoms with Gasteiger partial charge in [-0.2, -0.15) is 0 Å². The third-order valence-corrected chi connectivity index (χ3v) is 4.29. The van der Waals surface area contributed by atoms with E-state index in [0.717, 1.165) is 45.3 Å². The molecule has 0 spiro atoms. The van der Waals surface area contributed by atoms with Gasteiger partial charge in [-0.25, -0.2) is 0 Å². The molecule has 21 heavy (non-hydrogen) atoms. The Balaban J connectivity index is 1.65. The number of carbonyl (C=O) groups excluding carboxylic acids is 1. The Labute approximate surface area is 127 Å². The SMILES string of the molecule is CCN(CCCNC(=O)CC1(N)CCC1)c1ccccc1. The zero-order valence-electron chi connectivity index (χ0n) is 13.0. The van der Waals surface area contributed by atoms with Crippen LogP contribution in [0.15, 0.2) is 30.3 Å². The van der Waals surface area contributed by atoms with Gasteiger partial charge in [-0.15, -0.1) is 0 Å². The highest BCUT2D eigenvalue weighted by Gasteiger charge is 2.34. The summed E-state index contributed by atoms with van der Waals surface area (Å²) < 4.78 is 0. The molecule has 1 fully saturated rings. The molecule has 0 unspecified atom stereocenters. The molecule has 0 atom stereocenters. The lowest BCUT2D eigenvalue weighted by molar-refractivity contribution is -0.122. The summed E-state index contributed by atoms with van der Waals surface area (Å²) in [7, 11) is 0. The second-order valence-corrected chi connectivity index (χ2v) is 6.01. The van der Waals surface area contributed by atoms with Crippen molar-refractivity contribution >= 4 is 11.6 Å². The van der Waals surface area contributed by atoms with Crippen LogP contribution in [0.2, 0.25) is 0 Å². The smallest absolute Gasteiger partial charge is 0.221 e. The van der Waals surface area contributed by atoms with Gasteiger partial charge in [-0.05, 0) is 44.7 Å². The fourth-order valence-electron chi connectivity index (χ4n) is 2.80. The molecule has 116 valence electrons. The zero-order valence-corrected chi connectivity index (χ0v) is 13.0. The molecule has 0 bridgehead atoms. The van der Waals surface area contributed by atoms with E-state index in [9.17, 15) is 4.79 Å². The Morgan fingerprint density at radius 2 is 2.05 bits per heavy atom. The van der Waals surface area contributed by atoms with E-state index in [4.69, 9.17) is 5.73 Å². The molecule has 4 nitrogen and oxygen atoms in total. The number of nitrogens with zero attached hydrogens (tertiary/aromatic N) is 1. The van der Waals surface area contributed by atoms with Crippen LogP contribution in [-0.2, 0) is 4.79 Å². The minimum atomic E-state index is -0.219. The molecule has 3 N–H and O–H groups in total. The van der Waals surface area contributed by atoms with Crippen LogP contribution in [0, 0.1) is 0 Å². The maximum absolute atomic E-state index is 11.8. The van der Waals surface area contributed by atoms with E-state index < -0.39 is 0 Å². The van der Waals surface area contributed by atoms with Gasteiger partial charge in [0.2, 0.25) is 5.91 Å². The molecule has 1 aliphatic rings. The van der Waals surface area contributed by atoms with Crippen LogP contribution in [0.25, 0.3) is 0 Å². The minimum Gasteiger partial charge on any atom is -0.372 e. The van der Waals surface area contributed by atoms with E-state index >= 15 is 0 Å². The number of nitrogens with one attached hydrogen (secondary N) is 1. The Bertz CT molecular complexity index is 443. The standard InChI is InChI=1S/C17H27N3O/c1-2-20(15-8-4-3-5-9-15)13-7-12-19-16(21)14-17(18)10-6-11-17/h3-5,8-9H,2,6-7,10-14,18H2,1H3,(H,19,21). The average Bonchev–Trinajstić information content (AvgIpc) is 2.46. The number of anilines is 1. The Hall–Kier alpha value is -1.55. The van der Waals surface area contributed by atoms with Gasteiger partial charge in [0.05, 0.1) is 0 Å². The number of hydrogen-bond donors (Lipinski definition) is 2. The molecular formula is C17H27N3O. The molecule has 1 amide bonds. The Morgan fingerprint density at radius 1 is 1.33 bits per heavy atom. The predicted molar refractivity (Wildman–Crippen MR) is 87.3 cm³/mol. The summed E-state index contributed by atoms with van der Waals surface area (Å²) in [5.41, 5.74) is 7.10. The quantitative estimate of drug-likeness (QED) is 0.722. The number of benzene rings is 1. The van der Waals surface area contributed by atoms with Crippen LogP contribution in [0.3, 0.4) is 0 Å². The van der Waals surface area contributed by atoms with Gasteiger partial charge < -0.3 is 16.0 Å². The first-order valence-corrected chi connectivity index (χ1v) is 7.98. The van der Waals surface area contributed by atoms with E-state index in [1.165, 1.54) is 5.69 Å². The maximum Gasteiger partial charge on any atom is 0.221 e. The monoisotopic (exact) mass is 289 g/mol. The van der Waals surface area contributed by atoms with Crippen LogP contribution >= 0.6 is 0 Å². The zero-order chi connectivity index (χ0) is 15.1. The molecule has 1 aromatic rings. The average molecular weight is 289 g/mol. The number of nitrogens with two attached hydrogens (primary N) is 1. The highest BCUT2D eigenvalue weighted by atomic mass is 16.1. The van der Waals surface area contributed by atoms with Gasteiger partial charge in [0.15, 0.2) is 0 Å². The second-order valence-electron chi connectivity index (χ2n) is 6.01. The lowest BCUT2D eigenvalue weighted by Gasteiger charge is -2.37. The first-order valence-electron chi connectivity index (χ1n) is 7.98. The third kappa shape index (κ3) is 4.74. The van der Waals surface area contributed by atoms with Crippen molar-refractivity contribution in [1.29, 1.82) is 0 Å². The van der Waals surface area contributed by atoms with Crippen LogP contribution in [0.1, 0.15) is 39.0 Å². The highest BCUT2D eigenvalue weighted by molar-refractivity contribution is 5.77. The largest absolute Gasteiger partial charge is 0.372 e. The van der Waals surface area contributed by atoms with Crippen molar-refractivity contribution in [2.24, 2.45) is 5.73 Å². The summed E-state index contributed by atoms with van der Waals surface area (Å²) in [6, 6.07) is 10.4. The van der Waals surface area contributed by atoms with Gasteiger partial charge in [-0.1, -0.05) is 18.2 Å². The van der Waals surface area contributed by atoms with Crippen LogP contribution in [-0.4, -0.2) is 31.1 Å². The number of para-hydroxylation sites is 1. The molecule has 4 heteroatoms. The van der Waals surface area contributed by atoms with E-state index in [2.05, 4.69) is 41.4 Å². The van der Waals surface area contributed by atoms with Crippen LogP contribution in [0.5, 0.6) is 0 Å². The lowest BCUT2D eigenvalue weighted by atomic mass is 9.75. The number of hydrogen-bond acceptors (Lipinski definition) is 3. The van der Waals surface area contributed by atoms with Crippen LogP contribution < -0.4 is 16.0 Å². The molecule has 1 aliphatic carbocycles. The Morgan fingerprint density at radius 3 is 2.62 bits per heavy atom. The molecule has 0 heterocycles. The second kappa shape index (κ2) is 7.46. The first kappa shape index (κ1) is 15.8. The van der Waals surface area contributed by atoms with Gasteiger partial charge in [-0.3, -0.25) is 4.79 Å². The summed E-state index contributed by atoms with van der Waals surface area (Å²) in [5, 5.41) is 2.99. The summed E-state index contributed by atoms with van der Waals surface area (Å²) in [6.07, 6.45) is 4.55. The van der Waals surface area contributed by atoms with Crippen LogP contribution in [0.4, 0.5) is 5.69 Å². The molecule has 1 aromatic carbocycles. The topological polar surface area (TPSA) is 58.4 Å². The molecule has 2 rings (SSSR count). The van der Waals surface area contributed by atoms with E-state index in [1.54, 1.807) is 0 Å². The van der Waals surface area contributed by atoms with Crippen molar-refractivity contribution in [3.63, 3.8) is 0 Å². The molecule has 0 aliphatic heterocycles. The van der Waals surface area contributed by atoms with Gasteiger partial charge >= 0.3 is 0 Å². The lowest BCUT2D eigenvalue weighted by Crippen LogP contribution is -2.50. The summed E-state index contributed by atoms with van der Waals surface area (Å²) in [6.45, 7) is 4.80. The van der Waals surface area contributed by atoms with Crippen molar-refractivity contribution < 1.29 is 4.79 Å². The summed E-state index contributed by atoms with van der Waals surface area (Å²) in [5.74, 6) is 0.0972. The number of amides is 1.